The number of anilines is 1. The second-order valence-corrected chi connectivity index (χ2v) is 6.82. The van der Waals surface area contributed by atoms with Gasteiger partial charge in [0.1, 0.15) is 5.82 Å². The number of sulfone groups is 1. The molecule has 20 heavy (non-hydrogen) atoms. The van der Waals surface area contributed by atoms with Crippen molar-refractivity contribution in [2.75, 3.05) is 23.9 Å². The highest BCUT2D eigenvalue weighted by atomic mass is 32.2. The Kier molecular flexibility index (Phi) is 5.50. The van der Waals surface area contributed by atoms with E-state index in [1.54, 1.807) is 13.8 Å². The van der Waals surface area contributed by atoms with Crippen LogP contribution in [-0.2, 0) is 14.6 Å². The first-order valence-corrected chi connectivity index (χ1v) is 7.96. The van der Waals surface area contributed by atoms with Crippen LogP contribution < -0.4 is 5.32 Å². The highest BCUT2D eigenvalue weighted by Gasteiger charge is 2.18. The van der Waals surface area contributed by atoms with Crippen LogP contribution in [-0.4, -0.2) is 39.0 Å². The first-order chi connectivity index (χ1) is 9.29. The number of methoxy groups -OCH3 is 1. The molecule has 1 unspecified atom stereocenters. The molecule has 1 aromatic carbocycles. The summed E-state index contributed by atoms with van der Waals surface area (Å²) in [6, 6.07) is 3.13. The first kappa shape index (κ1) is 16.4. The van der Waals surface area contributed by atoms with Crippen LogP contribution in [0.2, 0.25) is 0 Å². The Labute approximate surface area is 118 Å². The van der Waals surface area contributed by atoms with Crippen molar-refractivity contribution in [2.24, 2.45) is 0 Å². The van der Waals surface area contributed by atoms with E-state index in [1.165, 1.54) is 13.2 Å². The molecule has 1 N–H and O–H groups in total. The van der Waals surface area contributed by atoms with E-state index in [9.17, 15) is 17.6 Å². The van der Waals surface area contributed by atoms with Crippen molar-refractivity contribution in [3.8, 4) is 0 Å². The Bertz CT molecular complexity index is 586. The minimum Gasteiger partial charge on any atom is -0.465 e. The topological polar surface area (TPSA) is 72.5 Å². The van der Waals surface area contributed by atoms with Crippen molar-refractivity contribution in [3.05, 3.63) is 29.6 Å². The molecule has 1 rings (SSSR count). The molecule has 0 saturated heterocycles. The SMILES string of the molecule is CCS(=O)(=O)CC(C)Nc1cc(F)ccc1C(=O)OC. The summed E-state index contributed by atoms with van der Waals surface area (Å²) in [6.45, 7) is 3.21. The second-order valence-electron chi connectivity index (χ2n) is 4.43. The van der Waals surface area contributed by atoms with Gasteiger partial charge in [-0.2, -0.15) is 0 Å². The third kappa shape index (κ3) is 4.48. The number of hydrogen-bond acceptors (Lipinski definition) is 5. The normalized spacial score (nSPS) is 12.8. The number of carbonyl (C=O) groups is 1. The monoisotopic (exact) mass is 303 g/mol. The van der Waals surface area contributed by atoms with Crippen LogP contribution >= 0.6 is 0 Å². The number of rotatable bonds is 6. The molecule has 0 aromatic heterocycles. The van der Waals surface area contributed by atoms with Gasteiger partial charge in [0.25, 0.3) is 0 Å². The molecule has 0 aliphatic heterocycles. The van der Waals surface area contributed by atoms with Gasteiger partial charge in [-0.1, -0.05) is 6.92 Å². The van der Waals surface area contributed by atoms with E-state index in [1.807, 2.05) is 0 Å². The molecule has 0 fully saturated rings. The fourth-order valence-electron chi connectivity index (χ4n) is 1.73. The van der Waals surface area contributed by atoms with Gasteiger partial charge in [0.2, 0.25) is 0 Å². The summed E-state index contributed by atoms with van der Waals surface area (Å²) in [5, 5.41) is 2.84. The van der Waals surface area contributed by atoms with Gasteiger partial charge in [0.05, 0.1) is 24.1 Å². The molecule has 0 aliphatic carbocycles. The molecule has 1 aromatic rings. The zero-order chi connectivity index (χ0) is 15.3. The third-order valence-electron chi connectivity index (χ3n) is 2.73. The van der Waals surface area contributed by atoms with Crippen LogP contribution in [0.4, 0.5) is 10.1 Å². The van der Waals surface area contributed by atoms with Gasteiger partial charge in [-0.05, 0) is 25.1 Å². The second kappa shape index (κ2) is 6.69. The summed E-state index contributed by atoms with van der Waals surface area (Å²) in [5.74, 6) is -1.20. The molecular weight excluding hydrogens is 285 g/mol. The average molecular weight is 303 g/mol. The Hall–Kier alpha value is -1.63. The zero-order valence-corrected chi connectivity index (χ0v) is 12.5. The van der Waals surface area contributed by atoms with Crippen LogP contribution in [0.5, 0.6) is 0 Å². The van der Waals surface area contributed by atoms with E-state index >= 15 is 0 Å². The Morgan fingerprint density at radius 2 is 2.10 bits per heavy atom. The molecular formula is C13H18FNO4S. The highest BCUT2D eigenvalue weighted by molar-refractivity contribution is 7.91. The molecule has 112 valence electrons. The fraction of sp³-hybridized carbons (Fsp3) is 0.462. The third-order valence-corrected chi connectivity index (χ3v) is 4.62. The minimum absolute atomic E-state index is 0.0338. The number of carbonyl (C=O) groups excluding carboxylic acids is 1. The number of halogens is 1. The largest absolute Gasteiger partial charge is 0.465 e. The number of ether oxygens (including phenoxy) is 1. The zero-order valence-electron chi connectivity index (χ0n) is 11.6. The lowest BCUT2D eigenvalue weighted by Crippen LogP contribution is -2.27. The molecule has 0 bridgehead atoms. The maximum Gasteiger partial charge on any atom is 0.339 e. The van der Waals surface area contributed by atoms with Crippen LogP contribution in [0.15, 0.2) is 18.2 Å². The molecule has 1 atom stereocenters. The number of nitrogens with one attached hydrogen (secondary N) is 1. The number of esters is 1. The molecule has 0 spiro atoms. The number of hydrogen-bond donors (Lipinski definition) is 1. The summed E-state index contributed by atoms with van der Waals surface area (Å²) in [6.07, 6.45) is 0. The fourth-order valence-corrected chi connectivity index (χ4v) is 2.81. The predicted octanol–water partition coefficient (Wildman–Crippen LogP) is 1.85. The maximum absolute atomic E-state index is 13.3. The van der Waals surface area contributed by atoms with Crippen molar-refractivity contribution in [3.63, 3.8) is 0 Å². The molecule has 0 amide bonds. The van der Waals surface area contributed by atoms with Crippen LogP contribution in [0, 0.1) is 5.82 Å². The van der Waals surface area contributed by atoms with Gasteiger partial charge in [-0.25, -0.2) is 17.6 Å². The van der Waals surface area contributed by atoms with E-state index in [2.05, 4.69) is 10.1 Å². The molecule has 0 radical (unpaired) electrons. The van der Waals surface area contributed by atoms with Gasteiger partial charge < -0.3 is 10.1 Å². The van der Waals surface area contributed by atoms with Gasteiger partial charge in [0, 0.05) is 11.8 Å². The van der Waals surface area contributed by atoms with Gasteiger partial charge in [0.15, 0.2) is 9.84 Å². The van der Waals surface area contributed by atoms with E-state index < -0.39 is 27.7 Å². The molecule has 0 aliphatic rings. The maximum atomic E-state index is 13.3. The highest BCUT2D eigenvalue weighted by Crippen LogP contribution is 2.19. The van der Waals surface area contributed by atoms with Crippen LogP contribution in [0.1, 0.15) is 24.2 Å². The molecule has 7 heteroatoms. The number of benzene rings is 1. The van der Waals surface area contributed by atoms with Gasteiger partial charge in [-0.15, -0.1) is 0 Å². The van der Waals surface area contributed by atoms with Gasteiger partial charge in [-0.3, -0.25) is 0 Å². The Balaban J connectivity index is 2.96. The summed E-state index contributed by atoms with van der Waals surface area (Å²) >= 11 is 0. The van der Waals surface area contributed by atoms with Crippen LogP contribution in [0.25, 0.3) is 0 Å². The Morgan fingerprint density at radius 3 is 2.65 bits per heavy atom. The van der Waals surface area contributed by atoms with E-state index in [0.717, 1.165) is 12.1 Å². The van der Waals surface area contributed by atoms with Crippen molar-refractivity contribution < 1.29 is 22.3 Å². The van der Waals surface area contributed by atoms with Crippen LogP contribution in [0.3, 0.4) is 0 Å². The van der Waals surface area contributed by atoms with Crippen molar-refractivity contribution >= 4 is 21.5 Å². The van der Waals surface area contributed by atoms with Crippen molar-refractivity contribution in [1.29, 1.82) is 0 Å². The minimum atomic E-state index is -3.16. The summed E-state index contributed by atoms with van der Waals surface area (Å²) < 4.78 is 40.9. The predicted molar refractivity (Wildman–Crippen MR) is 75.2 cm³/mol. The molecule has 5 nitrogen and oxygen atoms in total. The standard InChI is InChI=1S/C13H18FNO4S/c1-4-20(17,18)8-9(2)15-12-7-10(14)5-6-11(12)13(16)19-3/h5-7,9,15H,4,8H2,1-3H3. The molecule has 0 saturated carbocycles. The Morgan fingerprint density at radius 1 is 1.45 bits per heavy atom. The molecule has 0 heterocycles. The lowest BCUT2D eigenvalue weighted by atomic mass is 10.1. The average Bonchev–Trinajstić information content (AvgIpc) is 2.37. The summed E-state index contributed by atoms with van der Waals surface area (Å²) in [7, 11) is -1.94. The first-order valence-electron chi connectivity index (χ1n) is 6.14. The summed E-state index contributed by atoms with van der Waals surface area (Å²) in [4.78, 5) is 11.6. The van der Waals surface area contributed by atoms with Crippen molar-refractivity contribution in [1.82, 2.24) is 0 Å². The van der Waals surface area contributed by atoms with E-state index in [4.69, 9.17) is 0 Å². The smallest absolute Gasteiger partial charge is 0.339 e. The van der Waals surface area contributed by atoms with E-state index in [0.29, 0.717) is 0 Å². The quantitative estimate of drug-likeness (QED) is 0.812. The van der Waals surface area contributed by atoms with Crippen molar-refractivity contribution in [2.45, 2.75) is 19.9 Å². The van der Waals surface area contributed by atoms with Gasteiger partial charge >= 0.3 is 5.97 Å². The summed E-state index contributed by atoms with van der Waals surface area (Å²) in [5.41, 5.74) is 0.380. The van der Waals surface area contributed by atoms with E-state index in [-0.39, 0.29) is 22.8 Å². The lowest BCUT2D eigenvalue weighted by Gasteiger charge is -2.17. The lowest BCUT2D eigenvalue weighted by molar-refractivity contribution is 0.0601.